The Morgan fingerprint density at radius 2 is 1.00 bits per heavy atom. The second-order valence-corrected chi connectivity index (χ2v) is 24.8. The topological polar surface area (TPSA) is 27.7 Å². The molecule has 8 rings (SSSR count). The molecule has 1 aliphatic rings. The molecule has 0 atom stereocenters. The highest BCUT2D eigenvalue weighted by Crippen LogP contribution is 2.54. The molecule has 0 spiro atoms. The molecule has 0 aliphatic heterocycles. The maximum absolute atomic E-state index is 5.56. The Balaban J connectivity index is 0.000000196. The van der Waals surface area contributed by atoms with Crippen LogP contribution in [0.25, 0.3) is 54.9 Å². The van der Waals surface area contributed by atoms with Crippen molar-refractivity contribution in [1.29, 1.82) is 0 Å². The van der Waals surface area contributed by atoms with E-state index in [0.717, 1.165) is 33.9 Å². The van der Waals surface area contributed by atoms with Gasteiger partial charge in [0.25, 0.3) is 0 Å². The molecule has 4 aromatic carbocycles. The van der Waals surface area contributed by atoms with Crippen LogP contribution in [0.2, 0.25) is 0 Å². The second-order valence-electron chi connectivity index (χ2n) is 21.6. The Morgan fingerprint density at radius 1 is 0.455 bits per heavy atom. The fourth-order valence-corrected chi connectivity index (χ4v) is 13.1. The van der Waals surface area contributed by atoms with Crippen LogP contribution >= 0.6 is 34.0 Å². The minimum absolute atomic E-state index is 0.198. The lowest BCUT2D eigenvalue weighted by Crippen LogP contribution is -2.25. The highest BCUT2D eigenvalue weighted by molar-refractivity contribution is 7.26. The van der Waals surface area contributed by atoms with E-state index < -0.39 is 0 Å². The summed E-state index contributed by atoms with van der Waals surface area (Å²) in [6.07, 6.45) is 32.0. The summed E-state index contributed by atoms with van der Waals surface area (Å²) < 4.78 is 16.3. The van der Waals surface area contributed by atoms with Gasteiger partial charge in [0, 0.05) is 40.9 Å². The van der Waals surface area contributed by atoms with Crippen LogP contribution in [0, 0.1) is 11.8 Å². The van der Waals surface area contributed by atoms with Crippen molar-refractivity contribution < 1.29 is 14.2 Å². The molecule has 77 heavy (non-hydrogen) atoms. The lowest BCUT2D eigenvalue weighted by molar-refractivity contribution is 0.398. The maximum atomic E-state index is 5.56. The van der Waals surface area contributed by atoms with Crippen molar-refractivity contribution in [3.63, 3.8) is 0 Å². The molecule has 0 fully saturated rings. The third kappa shape index (κ3) is 17.8. The van der Waals surface area contributed by atoms with Gasteiger partial charge in [0.15, 0.2) is 0 Å². The van der Waals surface area contributed by atoms with Gasteiger partial charge in [0.05, 0.1) is 21.3 Å². The number of ether oxygens (including phenoxy) is 3. The van der Waals surface area contributed by atoms with Crippen LogP contribution in [-0.2, 0) is 5.41 Å². The minimum atomic E-state index is 0.198. The first-order valence-electron chi connectivity index (χ1n) is 28.9. The van der Waals surface area contributed by atoms with Crippen LogP contribution < -0.4 is 14.2 Å². The molecule has 3 aromatic heterocycles. The van der Waals surface area contributed by atoms with Gasteiger partial charge in [-0.3, -0.25) is 0 Å². The smallest absolute Gasteiger partial charge is 0.126 e. The first kappa shape index (κ1) is 60.8. The van der Waals surface area contributed by atoms with Gasteiger partial charge in [-0.2, -0.15) is 0 Å². The normalized spacial score (nSPS) is 12.6. The molecule has 0 unspecified atom stereocenters. The summed E-state index contributed by atoms with van der Waals surface area (Å²) in [5, 5.41) is 2.14. The largest absolute Gasteiger partial charge is 0.497 e. The molecule has 3 heterocycles. The van der Waals surface area contributed by atoms with Crippen molar-refractivity contribution in [2.75, 3.05) is 21.3 Å². The van der Waals surface area contributed by atoms with Gasteiger partial charge in [-0.25, -0.2) is 0 Å². The van der Waals surface area contributed by atoms with E-state index in [0.29, 0.717) is 17.8 Å². The number of thiophene rings is 3. The Kier molecular flexibility index (Phi) is 25.2. The predicted molar refractivity (Wildman–Crippen MR) is 343 cm³/mol. The van der Waals surface area contributed by atoms with Crippen LogP contribution in [0.4, 0.5) is 0 Å². The quantitative estimate of drug-likeness (QED) is 0.0400. The van der Waals surface area contributed by atoms with Crippen molar-refractivity contribution in [3.8, 4) is 47.9 Å². The molecule has 0 N–H and O–H groups in total. The van der Waals surface area contributed by atoms with Gasteiger partial charge in [-0.15, -0.1) is 34.0 Å². The van der Waals surface area contributed by atoms with Crippen molar-refractivity contribution in [2.24, 2.45) is 11.8 Å². The lowest BCUT2D eigenvalue weighted by atomic mass is 9.70. The van der Waals surface area contributed by atoms with Crippen molar-refractivity contribution >= 4 is 58.3 Å². The monoisotopic (exact) mass is 1090 g/mol. The first-order valence-corrected chi connectivity index (χ1v) is 31.4. The number of fused-ring (bicyclic) bond motifs is 3. The van der Waals surface area contributed by atoms with E-state index in [9.17, 15) is 0 Å². The highest BCUT2D eigenvalue weighted by atomic mass is 32.1. The van der Waals surface area contributed by atoms with Gasteiger partial charge in [-0.05, 0) is 124 Å². The molecule has 0 saturated carbocycles. The van der Waals surface area contributed by atoms with Gasteiger partial charge in [0.1, 0.15) is 17.2 Å². The Bertz CT molecular complexity index is 2870. The minimum Gasteiger partial charge on any atom is -0.497 e. The van der Waals surface area contributed by atoms with Gasteiger partial charge < -0.3 is 14.2 Å². The summed E-state index contributed by atoms with van der Waals surface area (Å²) in [6, 6.07) is 41.8. The molecule has 0 radical (unpaired) electrons. The summed E-state index contributed by atoms with van der Waals surface area (Å²) in [6.45, 7) is 17.9. The van der Waals surface area contributed by atoms with E-state index in [-0.39, 0.29) is 5.41 Å². The zero-order chi connectivity index (χ0) is 55.0. The van der Waals surface area contributed by atoms with Crippen LogP contribution in [0.15, 0.2) is 133 Å². The molecule has 7 aromatic rings. The van der Waals surface area contributed by atoms with E-state index in [1.165, 1.54) is 131 Å². The van der Waals surface area contributed by atoms with Gasteiger partial charge in [-0.1, -0.05) is 230 Å². The van der Waals surface area contributed by atoms with Crippen molar-refractivity contribution in [2.45, 2.75) is 157 Å². The van der Waals surface area contributed by atoms with E-state index in [2.05, 4.69) is 164 Å². The summed E-state index contributed by atoms with van der Waals surface area (Å²) in [7, 11) is 5.03. The zero-order valence-corrected chi connectivity index (χ0v) is 51.0. The summed E-state index contributed by atoms with van der Waals surface area (Å²) in [4.78, 5) is 6.99. The number of benzene rings is 4. The standard InChI is InChI=1S/C34H50.C22H26O3.C15H14S3/c1-5-7-9-11-13-17-25-34(26-18-14-12-10-8-6-2)32-20-16-15-19-30(32)31-24-23-29(27-33(31)34)22-21-28(3)4;1-16(2)6-10-18-14-22(25-5)19(15-21(18)24-4)11-7-17-8-12-20(23-3)13-9-17;1-10(2)11-5-6-14(17-11)15-8-7-13(18-15)12-4-3-9-16-12/h15-16,19-24,27-28H,5-14,17-18,25-26H2,1-4H3;6-16H,1-5H3;3-10H,1-2H3/b22-21+;10-6+,11-7+;. The third-order valence-electron chi connectivity index (χ3n) is 14.5. The maximum Gasteiger partial charge on any atom is 0.126 e. The van der Waals surface area contributed by atoms with Crippen LogP contribution in [-0.4, -0.2) is 21.3 Å². The van der Waals surface area contributed by atoms with Gasteiger partial charge in [0.2, 0.25) is 0 Å². The molecule has 0 saturated heterocycles. The van der Waals surface area contributed by atoms with E-state index >= 15 is 0 Å². The van der Waals surface area contributed by atoms with E-state index in [1.807, 2.05) is 82.6 Å². The van der Waals surface area contributed by atoms with Crippen LogP contribution in [0.3, 0.4) is 0 Å². The van der Waals surface area contributed by atoms with Crippen LogP contribution in [0.5, 0.6) is 17.2 Å². The molecule has 1 aliphatic carbocycles. The lowest BCUT2D eigenvalue weighted by Gasteiger charge is -2.33. The van der Waals surface area contributed by atoms with Gasteiger partial charge >= 0.3 is 0 Å². The Hall–Kier alpha value is -5.40. The Morgan fingerprint density at radius 3 is 1.57 bits per heavy atom. The van der Waals surface area contributed by atoms with Crippen molar-refractivity contribution in [1.82, 2.24) is 0 Å². The molecular weight excluding hydrogens is 997 g/mol. The molecule has 410 valence electrons. The number of rotatable bonds is 26. The first-order chi connectivity index (χ1) is 37.4. The SMILES string of the molecule is CC(C)c1ccc(-c2ccc(-c3cccs3)s2)s1.CCCCCCCCC1(CCCCCCCC)c2ccccc2-c2ccc(/C=C/C(C)C)cc21.COc1ccc(/C=C/c2cc(OC)c(/C=C/C(C)C)cc2OC)cc1. The fourth-order valence-electron chi connectivity index (χ4n) is 10.2. The number of hydrogen-bond acceptors (Lipinski definition) is 6. The Labute approximate surface area is 478 Å². The fraction of sp³-hybridized carbons (Fsp3) is 0.408. The zero-order valence-electron chi connectivity index (χ0n) is 48.6. The average molecular weight is 1090 g/mol. The molecule has 3 nitrogen and oxygen atoms in total. The van der Waals surface area contributed by atoms with E-state index in [4.69, 9.17) is 14.2 Å². The summed E-state index contributed by atoms with van der Waals surface area (Å²) >= 11 is 5.62. The van der Waals surface area contributed by atoms with Crippen molar-refractivity contribution in [3.05, 3.63) is 171 Å². The number of hydrogen-bond donors (Lipinski definition) is 0. The summed E-state index contributed by atoms with van der Waals surface area (Å²) in [5.41, 5.74) is 10.8. The van der Waals surface area contributed by atoms with E-state index in [1.54, 1.807) is 32.5 Å². The molecule has 6 heteroatoms. The number of unbranched alkanes of at least 4 members (excludes halogenated alkanes) is 10. The predicted octanol–water partition coefficient (Wildman–Crippen LogP) is 23.0. The third-order valence-corrected chi connectivity index (χ3v) is 18.2. The van der Waals surface area contributed by atoms with Crippen LogP contribution in [0.1, 0.15) is 189 Å². The molecular formula is C71H90O3S3. The highest BCUT2D eigenvalue weighted by Gasteiger charge is 2.42. The molecule has 0 amide bonds. The number of methoxy groups -OCH3 is 3. The number of allylic oxidation sites excluding steroid dienone is 2. The second kappa shape index (κ2) is 31.9. The summed E-state index contributed by atoms with van der Waals surface area (Å²) in [5.74, 6) is 4.17. The molecule has 0 bridgehead atoms. The average Bonchev–Trinajstić information content (AvgIpc) is 4.31.